The SMILES string of the molecule is c1ccc(-c2ccc(-c3c4ccccc4cc4c3oc3ccc(N(c5ccc(-c6ccccc6)cc5)c5ccc6c(c5)C5(c7ccccc7-c7ccccc75)c5ccccc5-6)cc34)cc2)cc1. The maximum Gasteiger partial charge on any atom is 0.143 e. The molecule has 312 valence electrons. The third-order valence-electron chi connectivity index (χ3n) is 14.5. The zero-order valence-electron chi connectivity index (χ0n) is 36.5. The Bertz CT molecular complexity index is 3840. The molecular formula is C65H41NO. The number of nitrogens with zero attached hydrogens (tertiary/aromatic N) is 1. The fraction of sp³-hybridized carbons (Fsp3) is 0.0154. The van der Waals surface area contributed by atoms with Gasteiger partial charge in [0, 0.05) is 33.4 Å². The summed E-state index contributed by atoms with van der Waals surface area (Å²) in [6.07, 6.45) is 0. The van der Waals surface area contributed by atoms with Gasteiger partial charge in [0.25, 0.3) is 0 Å². The molecule has 1 heterocycles. The summed E-state index contributed by atoms with van der Waals surface area (Å²) < 4.78 is 6.98. The van der Waals surface area contributed by atoms with Crippen molar-refractivity contribution in [3.8, 4) is 55.6 Å². The predicted octanol–water partition coefficient (Wildman–Crippen LogP) is 17.6. The van der Waals surface area contributed by atoms with Gasteiger partial charge in [-0.2, -0.15) is 0 Å². The third kappa shape index (κ3) is 5.57. The molecule has 14 rings (SSSR count). The minimum absolute atomic E-state index is 0.459. The number of hydrogen-bond acceptors (Lipinski definition) is 2. The quantitative estimate of drug-likeness (QED) is 0.166. The Balaban J connectivity index is 0.983. The highest BCUT2D eigenvalue weighted by atomic mass is 16.3. The highest BCUT2D eigenvalue weighted by molar-refractivity contribution is 6.19. The van der Waals surface area contributed by atoms with Gasteiger partial charge in [0.15, 0.2) is 0 Å². The van der Waals surface area contributed by atoms with Crippen molar-refractivity contribution >= 4 is 49.8 Å². The molecule has 0 N–H and O–H groups in total. The number of benzene rings is 11. The maximum absolute atomic E-state index is 6.98. The van der Waals surface area contributed by atoms with E-state index in [2.05, 4.69) is 254 Å². The first-order chi connectivity index (χ1) is 33.2. The molecule has 0 aliphatic heterocycles. The minimum atomic E-state index is -0.459. The Kier molecular flexibility index (Phi) is 8.23. The van der Waals surface area contributed by atoms with Crippen LogP contribution in [-0.4, -0.2) is 0 Å². The number of anilines is 3. The van der Waals surface area contributed by atoms with Crippen LogP contribution in [0.3, 0.4) is 0 Å². The van der Waals surface area contributed by atoms with E-state index in [0.717, 1.165) is 50.1 Å². The zero-order chi connectivity index (χ0) is 44.1. The van der Waals surface area contributed by atoms with Gasteiger partial charge in [0.2, 0.25) is 0 Å². The molecule has 2 aliphatic carbocycles. The largest absolute Gasteiger partial charge is 0.455 e. The third-order valence-corrected chi connectivity index (χ3v) is 14.5. The molecule has 0 bridgehead atoms. The van der Waals surface area contributed by atoms with Crippen molar-refractivity contribution in [2.75, 3.05) is 4.90 Å². The van der Waals surface area contributed by atoms with Gasteiger partial charge in [-0.1, -0.05) is 200 Å². The van der Waals surface area contributed by atoms with Gasteiger partial charge in [-0.25, -0.2) is 0 Å². The van der Waals surface area contributed by atoms with Crippen LogP contribution in [0.15, 0.2) is 253 Å². The second-order valence-corrected chi connectivity index (χ2v) is 17.9. The van der Waals surface area contributed by atoms with E-state index in [1.54, 1.807) is 0 Å². The van der Waals surface area contributed by atoms with Gasteiger partial charge >= 0.3 is 0 Å². The van der Waals surface area contributed by atoms with E-state index in [1.165, 1.54) is 77.5 Å². The van der Waals surface area contributed by atoms with Crippen LogP contribution in [0.1, 0.15) is 22.3 Å². The van der Waals surface area contributed by atoms with Crippen LogP contribution in [0.4, 0.5) is 17.1 Å². The molecule has 2 aliphatic rings. The van der Waals surface area contributed by atoms with E-state index in [1.807, 2.05) is 0 Å². The molecule has 0 atom stereocenters. The Labute approximate surface area is 389 Å². The van der Waals surface area contributed by atoms with Crippen molar-refractivity contribution < 1.29 is 4.42 Å². The lowest BCUT2D eigenvalue weighted by molar-refractivity contribution is 0.670. The standard InChI is InChI=1S/C65H41NO/c1-3-15-42(16-4-1)44-27-29-46(30-28-44)63-51-20-8-7-19-47(51)39-57-56-40-49(36-38-62(56)67-64(57)63)66(48-33-31-45(32-34-48)43-17-5-2-6-18-43)50-35-37-55-54-23-11-14-26-60(54)65(61(55)41-50)58-24-12-9-21-52(58)53-22-10-13-25-59(53)65/h1-41H. The zero-order valence-corrected chi connectivity index (χ0v) is 36.5. The molecule has 11 aromatic carbocycles. The normalized spacial score (nSPS) is 12.9. The van der Waals surface area contributed by atoms with Crippen LogP contribution >= 0.6 is 0 Å². The lowest BCUT2D eigenvalue weighted by atomic mass is 9.70. The van der Waals surface area contributed by atoms with E-state index in [-0.39, 0.29) is 0 Å². The van der Waals surface area contributed by atoms with Crippen LogP contribution < -0.4 is 4.90 Å². The van der Waals surface area contributed by atoms with Crippen LogP contribution in [-0.2, 0) is 5.41 Å². The van der Waals surface area contributed by atoms with Gasteiger partial charge in [0.1, 0.15) is 11.2 Å². The second kappa shape index (κ2) is 14.7. The predicted molar refractivity (Wildman–Crippen MR) is 279 cm³/mol. The van der Waals surface area contributed by atoms with E-state index in [9.17, 15) is 0 Å². The maximum atomic E-state index is 6.98. The topological polar surface area (TPSA) is 16.4 Å². The summed E-state index contributed by atoms with van der Waals surface area (Å²) in [6.45, 7) is 0. The summed E-state index contributed by atoms with van der Waals surface area (Å²) >= 11 is 0. The minimum Gasteiger partial charge on any atom is -0.455 e. The fourth-order valence-electron chi connectivity index (χ4n) is 11.6. The molecule has 0 saturated carbocycles. The Morgan fingerprint density at radius 1 is 0.299 bits per heavy atom. The Morgan fingerprint density at radius 2 is 0.761 bits per heavy atom. The lowest BCUT2D eigenvalue weighted by Crippen LogP contribution is -2.26. The average molecular weight is 852 g/mol. The molecule has 0 radical (unpaired) electrons. The van der Waals surface area contributed by atoms with Crippen molar-refractivity contribution in [2.45, 2.75) is 5.41 Å². The Hall–Kier alpha value is -8.72. The highest BCUT2D eigenvalue weighted by Gasteiger charge is 2.51. The van der Waals surface area contributed by atoms with E-state index in [0.29, 0.717) is 0 Å². The van der Waals surface area contributed by atoms with E-state index < -0.39 is 5.41 Å². The first-order valence-corrected chi connectivity index (χ1v) is 23.2. The summed E-state index contributed by atoms with van der Waals surface area (Å²) in [6, 6.07) is 91.1. The van der Waals surface area contributed by atoms with E-state index >= 15 is 0 Å². The molecule has 0 amide bonds. The first kappa shape index (κ1) is 37.6. The molecule has 1 aromatic heterocycles. The highest BCUT2D eigenvalue weighted by Crippen LogP contribution is 2.63. The molecule has 12 aromatic rings. The molecular weight excluding hydrogens is 811 g/mol. The van der Waals surface area contributed by atoms with Gasteiger partial charge in [-0.15, -0.1) is 0 Å². The molecule has 0 unspecified atom stereocenters. The van der Waals surface area contributed by atoms with Crippen LogP contribution in [0.2, 0.25) is 0 Å². The second-order valence-electron chi connectivity index (χ2n) is 17.9. The molecule has 2 heteroatoms. The van der Waals surface area contributed by atoms with Gasteiger partial charge < -0.3 is 9.32 Å². The summed E-state index contributed by atoms with van der Waals surface area (Å²) in [5, 5.41) is 4.53. The van der Waals surface area contributed by atoms with Crippen molar-refractivity contribution in [1.29, 1.82) is 0 Å². The first-order valence-electron chi connectivity index (χ1n) is 23.2. The van der Waals surface area contributed by atoms with E-state index in [4.69, 9.17) is 4.42 Å². The van der Waals surface area contributed by atoms with Gasteiger partial charge in [-0.05, 0) is 132 Å². The molecule has 1 spiro atoms. The van der Waals surface area contributed by atoms with Crippen molar-refractivity contribution in [3.05, 3.63) is 271 Å². The molecule has 67 heavy (non-hydrogen) atoms. The van der Waals surface area contributed by atoms with Crippen LogP contribution in [0.5, 0.6) is 0 Å². The number of fused-ring (bicyclic) bond motifs is 14. The van der Waals surface area contributed by atoms with Crippen molar-refractivity contribution in [2.24, 2.45) is 0 Å². The van der Waals surface area contributed by atoms with Crippen molar-refractivity contribution in [3.63, 3.8) is 0 Å². The summed E-state index contributed by atoms with van der Waals surface area (Å²) in [5.41, 5.74) is 22.0. The summed E-state index contributed by atoms with van der Waals surface area (Å²) in [4.78, 5) is 2.43. The van der Waals surface area contributed by atoms with Crippen molar-refractivity contribution in [1.82, 2.24) is 0 Å². The van der Waals surface area contributed by atoms with Crippen LogP contribution in [0.25, 0.3) is 88.3 Å². The molecule has 0 saturated heterocycles. The lowest BCUT2D eigenvalue weighted by Gasteiger charge is -2.32. The van der Waals surface area contributed by atoms with Gasteiger partial charge in [0.05, 0.1) is 5.41 Å². The smallest absolute Gasteiger partial charge is 0.143 e. The van der Waals surface area contributed by atoms with Gasteiger partial charge in [-0.3, -0.25) is 0 Å². The fourth-order valence-corrected chi connectivity index (χ4v) is 11.6. The average Bonchev–Trinajstić information content (AvgIpc) is 4.02. The molecule has 2 nitrogen and oxygen atoms in total. The number of furan rings is 1. The molecule has 0 fully saturated rings. The number of rotatable bonds is 6. The Morgan fingerprint density at radius 3 is 1.39 bits per heavy atom. The van der Waals surface area contributed by atoms with Crippen LogP contribution in [0, 0.1) is 0 Å². The summed E-state index contributed by atoms with van der Waals surface area (Å²) in [5.74, 6) is 0. The summed E-state index contributed by atoms with van der Waals surface area (Å²) in [7, 11) is 0. The number of hydrogen-bond donors (Lipinski definition) is 0. The monoisotopic (exact) mass is 851 g/mol.